The van der Waals surface area contributed by atoms with Crippen LogP contribution in [0.3, 0.4) is 0 Å². The molecule has 2 rings (SSSR count). The standard InChI is InChI=1S/C13H20N6/c1-5-11-17-12(14-6-2)9(3)13(18-11)16-10-7-15-19(4)8-10/h7-8H,5-6H2,1-4H3,(H2,14,16,17,18). The Morgan fingerprint density at radius 3 is 2.53 bits per heavy atom. The summed E-state index contributed by atoms with van der Waals surface area (Å²) in [6.45, 7) is 6.96. The van der Waals surface area contributed by atoms with Gasteiger partial charge in [0.1, 0.15) is 17.5 Å². The minimum atomic E-state index is 0.806. The molecular formula is C13H20N6. The second-order valence-electron chi connectivity index (χ2n) is 4.37. The molecule has 6 heteroatoms. The average molecular weight is 260 g/mol. The number of anilines is 3. The van der Waals surface area contributed by atoms with Crippen LogP contribution >= 0.6 is 0 Å². The van der Waals surface area contributed by atoms with Gasteiger partial charge in [-0.1, -0.05) is 6.92 Å². The Kier molecular flexibility index (Phi) is 3.99. The largest absolute Gasteiger partial charge is 0.370 e. The molecule has 0 saturated heterocycles. The molecule has 0 saturated carbocycles. The Bertz CT molecular complexity index is 560. The normalized spacial score (nSPS) is 10.5. The number of hydrogen-bond donors (Lipinski definition) is 2. The molecule has 0 aliphatic carbocycles. The molecule has 2 N–H and O–H groups in total. The molecule has 0 fully saturated rings. The van der Waals surface area contributed by atoms with Crippen LogP contribution in [-0.2, 0) is 13.5 Å². The molecule has 0 unspecified atom stereocenters. The second-order valence-corrected chi connectivity index (χ2v) is 4.37. The van der Waals surface area contributed by atoms with Crippen LogP contribution in [0.4, 0.5) is 17.3 Å². The van der Waals surface area contributed by atoms with E-state index in [2.05, 4.69) is 32.6 Å². The summed E-state index contributed by atoms with van der Waals surface area (Å²) in [5.74, 6) is 2.55. The maximum absolute atomic E-state index is 4.54. The minimum Gasteiger partial charge on any atom is -0.370 e. The van der Waals surface area contributed by atoms with Crippen LogP contribution in [0.25, 0.3) is 0 Å². The summed E-state index contributed by atoms with van der Waals surface area (Å²) in [5.41, 5.74) is 1.94. The van der Waals surface area contributed by atoms with E-state index in [1.807, 2.05) is 27.1 Å². The third-order valence-electron chi connectivity index (χ3n) is 2.82. The van der Waals surface area contributed by atoms with Gasteiger partial charge in [0.2, 0.25) is 0 Å². The smallest absolute Gasteiger partial charge is 0.139 e. The van der Waals surface area contributed by atoms with E-state index in [-0.39, 0.29) is 0 Å². The molecule has 2 heterocycles. The van der Waals surface area contributed by atoms with Crippen molar-refractivity contribution in [3.8, 4) is 0 Å². The van der Waals surface area contributed by atoms with E-state index in [4.69, 9.17) is 0 Å². The van der Waals surface area contributed by atoms with Gasteiger partial charge in [-0.2, -0.15) is 5.10 Å². The van der Waals surface area contributed by atoms with Crippen molar-refractivity contribution in [3.05, 3.63) is 23.8 Å². The molecule has 0 aliphatic heterocycles. The van der Waals surface area contributed by atoms with Crippen LogP contribution in [0, 0.1) is 6.92 Å². The molecule has 102 valence electrons. The predicted octanol–water partition coefficient (Wildman–Crippen LogP) is 2.26. The fourth-order valence-electron chi connectivity index (χ4n) is 1.80. The molecule has 0 aromatic carbocycles. The van der Waals surface area contributed by atoms with Crippen molar-refractivity contribution in [2.24, 2.45) is 7.05 Å². The Balaban J connectivity index is 2.35. The van der Waals surface area contributed by atoms with Crippen LogP contribution in [0.5, 0.6) is 0 Å². The van der Waals surface area contributed by atoms with E-state index in [1.54, 1.807) is 10.9 Å². The zero-order valence-electron chi connectivity index (χ0n) is 11.9. The van der Waals surface area contributed by atoms with Gasteiger partial charge < -0.3 is 10.6 Å². The lowest BCUT2D eigenvalue weighted by Gasteiger charge is -2.13. The molecule has 6 nitrogen and oxygen atoms in total. The highest BCUT2D eigenvalue weighted by Gasteiger charge is 2.10. The van der Waals surface area contributed by atoms with Crippen LogP contribution < -0.4 is 10.6 Å². The minimum absolute atomic E-state index is 0.806. The van der Waals surface area contributed by atoms with Gasteiger partial charge in [0.15, 0.2) is 0 Å². The summed E-state index contributed by atoms with van der Waals surface area (Å²) >= 11 is 0. The first kappa shape index (κ1) is 13.3. The molecule has 2 aromatic heterocycles. The van der Waals surface area contributed by atoms with Crippen molar-refractivity contribution >= 4 is 17.3 Å². The average Bonchev–Trinajstić information content (AvgIpc) is 2.80. The number of aromatic nitrogens is 4. The van der Waals surface area contributed by atoms with E-state index < -0.39 is 0 Å². The first-order valence-electron chi connectivity index (χ1n) is 6.51. The molecule has 0 spiro atoms. The van der Waals surface area contributed by atoms with E-state index in [0.29, 0.717) is 0 Å². The van der Waals surface area contributed by atoms with Gasteiger partial charge in [-0.05, 0) is 13.8 Å². The van der Waals surface area contributed by atoms with Crippen molar-refractivity contribution in [1.29, 1.82) is 0 Å². The zero-order valence-corrected chi connectivity index (χ0v) is 11.9. The van der Waals surface area contributed by atoms with Crippen molar-refractivity contribution in [2.75, 3.05) is 17.2 Å². The second kappa shape index (κ2) is 5.69. The van der Waals surface area contributed by atoms with Crippen LogP contribution in [0.1, 0.15) is 25.2 Å². The maximum atomic E-state index is 4.54. The van der Waals surface area contributed by atoms with Gasteiger partial charge in [0, 0.05) is 31.8 Å². The topological polar surface area (TPSA) is 67.7 Å². The Morgan fingerprint density at radius 1 is 1.21 bits per heavy atom. The maximum Gasteiger partial charge on any atom is 0.139 e. The zero-order chi connectivity index (χ0) is 13.8. The highest BCUT2D eigenvalue weighted by molar-refractivity contribution is 5.63. The molecule has 0 atom stereocenters. The highest BCUT2D eigenvalue weighted by atomic mass is 15.3. The van der Waals surface area contributed by atoms with Gasteiger partial charge >= 0.3 is 0 Å². The van der Waals surface area contributed by atoms with E-state index in [0.717, 1.165) is 41.7 Å². The van der Waals surface area contributed by atoms with Crippen molar-refractivity contribution in [2.45, 2.75) is 27.2 Å². The monoisotopic (exact) mass is 260 g/mol. The highest BCUT2D eigenvalue weighted by Crippen LogP contribution is 2.23. The number of aryl methyl sites for hydroxylation is 2. The van der Waals surface area contributed by atoms with Gasteiger partial charge in [0.05, 0.1) is 11.9 Å². The number of nitrogens with zero attached hydrogens (tertiary/aromatic N) is 4. The third-order valence-corrected chi connectivity index (χ3v) is 2.82. The molecule has 0 bridgehead atoms. The van der Waals surface area contributed by atoms with Gasteiger partial charge in [-0.25, -0.2) is 9.97 Å². The van der Waals surface area contributed by atoms with E-state index >= 15 is 0 Å². The Morgan fingerprint density at radius 2 is 1.95 bits per heavy atom. The number of nitrogens with one attached hydrogen (secondary N) is 2. The van der Waals surface area contributed by atoms with Crippen LogP contribution in [-0.4, -0.2) is 26.3 Å². The summed E-state index contributed by atoms with van der Waals surface area (Å²) in [7, 11) is 1.89. The van der Waals surface area contributed by atoms with E-state index in [1.165, 1.54) is 0 Å². The lowest BCUT2D eigenvalue weighted by Crippen LogP contribution is -2.08. The Labute approximate surface area is 113 Å². The van der Waals surface area contributed by atoms with Crippen molar-refractivity contribution in [1.82, 2.24) is 19.7 Å². The van der Waals surface area contributed by atoms with Gasteiger partial charge in [-0.15, -0.1) is 0 Å². The number of hydrogen-bond acceptors (Lipinski definition) is 5. The SMILES string of the molecule is CCNc1nc(CC)nc(Nc2cnn(C)c2)c1C. The lowest BCUT2D eigenvalue weighted by molar-refractivity contribution is 0.768. The summed E-state index contributed by atoms with van der Waals surface area (Å²) in [6.07, 6.45) is 4.50. The fourth-order valence-corrected chi connectivity index (χ4v) is 1.80. The summed E-state index contributed by atoms with van der Waals surface area (Å²) < 4.78 is 1.75. The predicted molar refractivity (Wildman–Crippen MR) is 76.8 cm³/mol. The third kappa shape index (κ3) is 3.01. The van der Waals surface area contributed by atoms with E-state index in [9.17, 15) is 0 Å². The summed E-state index contributed by atoms with van der Waals surface area (Å²) in [5, 5.41) is 10.7. The molecule has 0 radical (unpaired) electrons. The van der Waals surface area contributed by atoms with Crippen molar-refractivity contribution < 1.29 is 0 Å². The summed E-state index contributed by atoms with van der Waals surface area (Å²) in [4.78, 5) is 9.04. The van der Waals surface area contributed by atoms with Gasteiger partial charge in [-0.3, -0.25) is 4.68 Å². The summed E-state index contributed by atoms with van der Waals surface area (Å²) in [6, 6.07) is 0. The first-order chi connectivity index (χ1) is 9.13. The first-order valence-corrected chi connectivity index (χ1v) is 6.51. The lowest BCUT2D eigenvalue weighted by atomic mass is 10.3. The quantitative estimate of drug-likeness (QED) is 0.863. The molecular weight excluding hydrogens is 240 g/mol. The molecule has 2 aromatic rings. The van der Waals surface area contributed by atoms with Crippen LogP contribution in [0.2, 0.25) is 0 Å². The van der Waals surface area contributed by atoms with Crippen LogP contribution in [0.15, 0.2) is 12.4 Å². The molecule has 0 aliphatic rings. The fraction of sp³-hybridized carbons (Fsp3) is 0.462. The molecule has 0 amide bonds. The number of rotatable bonds is 5. The molecule has 19 heavy (non-hydrogen) atoms. The van der Waals surface area contributed by atoms with Gasteiger partial charge in [0.25, 0.3) is 0 Å². The van der Waals surface area contributed by atoms with Crippen molar-refractivity contribution in [3.63, 3.8) is 0 Å². The Hall–Kier alpha value is -2.11.